The summed E-state index contributed by atoms with van der Waals surface area (Å²) in [6, 6.07) is 8.33. The van der Waals surface area contributed by atoms with Gasteiger partial charge in [-0.25, -0.2) is 4.98 Å². The molecule has 0 saturated heterocycles. The van der Waals surface area contributed by atoms with Crippen molar-refractivity contribution in [2.45, 2.75) is 6.42 Å². The van der Waals surface area contributed by atoms with Gasteiger partial charge in [0.05, 0.1) is 15.7 Å². The normalized spacial score (nSPS) is 10.9. The first-order chi connectivity index (χ1) is 8.83. The molecule has 3 aromatic rings. The minimum atomic E-state index is 0.907. The average Bonchev–Trinajstić information content (AvgIpc) is 2.98. The maximum Gasteiger partial charge on any atom is 0.0813 e. The van der Waals surface area contributed by atoms with E-state index in [9.17, 15) is 0 Å². The van der Waals surface area contributed by atoms with Crippen LogP contribution in [0, 0.1) is 0 Å². The van der Waals surface area contributed by atoms with E-state index in [0.717, 1.165) is 24.2 Å². The zero-order valence-corrected chi connectivity index (χ0v) is 10.9. The average molecular weight is 258 g/mol. The molecule has 1 N–H and O–H groups in total. The summed E-state index contributed by atoms with van der Waals surface area (Å²) >= 11 is 1.67. The molecule has 0 saturated carbocycles. The van der Waals surface area contributed by atoms with Crippen LogP contribution < -0.4 is 5.32 Å². The lowest BCUT2D eigenvalue weighted by atomic mass is 10.2. The summed E-state index contributed by atoms with van der Waals surface area (Å²) in [5.74, 6) is 0. The van der Waals surface area contributed by atoms with Crippen LogP contribution in [0.15, 0.2) is 36.0 Å². The van der Waals surface area contributed by atoms with E-state index in [1.807, 2.05) is 29.5 Å². The minimum Gasteiger partial charge on any atom is -0.385 e. The molecule has 0 bridgehead atoms. The van der Waals surface area contributed by atoms with E-state index in [-0.39, 0.29) is 0 Å². The highest BCUT2D eigenvalue weighted by atomic mass is 32.1. The first-order valence-electron chi connectivity index (χ1n) is 5.87. The fourth-order valence-electron chi connectivity index (χ4n) is 1.95. The first kappa shape index (κ1) is 11.2. The van der Waals surface area contributed by atoms with Gasteiger partial charge in [0.2, 0.25) is 0 Å². The van der Waals surface area contributed by atoms with Gasteiger partial charge in [-0.05, 0) is 24.3 Å². The SMILES string of the molecule is Cn1nccc1CCNc1ccc2ncsc2c1. The van der Waals surface area contributed by atoms with E-state index in [1.165, 1.54) is 10.4 Å². The van der Waals surface area contributed by atoms with Crippen LogP contribution in [0.25, 0.3) is 10.2 Å². The molecule has 5 heteroatoms. The van der Waals surface area contributed by atoms with Gasteiger partial charge in [-0.2, -0.15) is 5.10 Å². The number of aryl methyl sites for hydroxylation is 1. The lowest BCUT2D eigenvalue weighted by molar-refractivity contribution is 0.711. The molecule has 0 aliphatic heterocycles. The second-order valence-electron chi connectivity index (χ2n) is 4.16. The number of hydrogen-bond acceptors (Lipinski definition) is 4. The molecule has 0 radical (unpaired) electrons. The molecule has 1 aromatic carbocycles. The number of nitrogens with one attached hydrogen (secondary N) is 1. The lowest BCUT2D eigenvalue weighted by Crippen LogP contribution is -2.08. The van der Waals surface area contributed by atoms with Gasteiger partial charge in [-0.15, -0.1) is 11.3 Å². The fraction of sp³-hybridized carbons (Fsp3) is 0.231. The Kier molecular flexibility index (Phi) is 2.98. The number of hydrogen-bond donors (Lipinski definition) is 1. The summed E-state index contributed by atoms with van der Waals surface area (Å²) in [6.07, 6.45) is 2.80. The van der Waals surface area contributed by atoms with Crippen LogP contribution in [-0.2, 0) is 13.5 Å². The van der Waals surface area contributed by atoms with Crippen molar-refractivity contribution in [2.24, 2.45) is 7.05 Å². The molecule has 92 valence electrons. The molecular weight excluding hydrogens is 244 g/mol. The summed E-state index contributed by atoms with van der Waals surface area (Å²) in [4.78, 5) is 4.27. The predicted octanol–water partition coefficient (Wildman–Crippen LogP) is 2.68. The topological polar surface area (TPSA) is 42.7 Å². The number of nitrogens with zero attached hydrogens (tertiary/aromatic N) is 3. The van der Waals surface area contributed by atoms with Crippen LogP contribution in [-0.4, -0.2) is 21.3 Å². The van der Waals surface area contributed by atoms with Crippen molar-refractivity contribution in [3.63, 3.8) is 0 Å². The number of benzene rings is 1. The van der Waals surface area contributed by atoms with Crippen molar-refractivity contribution in [3.8, 4) is 0 Å². The summed E-state index contributed by atoms with van der Waals surface area (Å²) in [5.41, 5.74) is 5.33. The molecule has 0 aliphatic rings. The van der Waals surface area contributed by atoms with Crippen molar-refractivity contribution in [1.29, 1.82) is 0 Å². The van der Waals surface area contributed by atoms with Crippen LogP contribution in [0.5, 0.6) is 0 Å². The number of anilines is 1. The third-order valence-electron chi connectivity index (χ3n) is 2.96. The Morgan fingerprint density at radius 1 is 1.33 bits per heavy atom. The molecule has 3 rings (SSSR count). The Bertz CT molecular complexity index is 656. The molecule has 0 fully saturated rings. The second-order valence-corrected chi connectivity index (χ2v) is 5.04. The van der Waals surface area contributed by atoms with E-state index < -0.39 is 0 Å². The van der Waals surface area contributed by atoms with Gasteiger partial charge in [0, 0.05) is 37.6 Å². The van der Waals surface area contributed by atoms with E-state index in [2.05, 4.69) is 33.6 Å². The highest BCUT2D eigenvalue weighted by Crippen LogP contribution is 2.21. The lowest BCUT2D eigenvalue weighted by Gasteiger charge is -2.06. The number of thiazole rings is 1. The number of fused-ring (bicyclic) bond motifs is 1. The van der Waals surface area contributed by atoms with Gasteiger partial charge >= 0.3 is 0 Å². The highest BCUT2D eigenvalue weighted by molar-refractivity contribution is 7.16. The minimum absolute atomic E-state index is 0.907. The molecule has 2 heterocycles. The maximum absolute atomic E-state index is 4.27. The predicted molar refractivity (Wildman–Crippen MR) is 75.0 cm³/mol. The van der Waals surface area contributed by atoms with Crippen molar-refractivity contribution in [3.05, 3.63) is 41.7 Å². The van der Waals surface area contributed by atoms with E-state index in [0.29, 0.717) is 0 Å². The van der Waals surface area contributed by atoms with Gasteiger partial charge in [0.15, 0.2) is 0 Å². The third-order valence-corrected chi connectivity index (χ3v) is 3.76. The van der Waals surface area contributed by atoms with Crippen molar-refractivity contribution < 1.29 is 0 Å². The van der Waals surface area contributed by atoms with Gasteiger partial charge in [-0.3, -0.25) is 4.68 Å². The van der Waals surface area contributed by atoms with Crippen molar-refractivity contribution in [1.82, 2.24) is 14.8 Å². The van der Waals surface area contributed by atoms with Crippen LogP contribution in [0.2, 0.25) is 0 Å². The highest BCUT2D eigenvalue weighted by Gasteiger charge is 2.00. The zero-order valence-electron chi connectivity index (χ0n) is 10.1. The van der Waals surface area contributed by atoms with Crippen LogP contribution in [0.1, 0.15) is 5.69 Å². The third kappa shape index (κ3) is 2.22. The molecule has 18 heavy (non-hydrogen) atoms. The summed E-state index contributed by atoms with van der Waals surface area (Å²) in [6.45, 7) is 0.907. The maximum atomic E-state index is 4.27. The Hall–Kier alpha value is -1.88. The van der Waals surface area contributed by atoms with E-state index in [1.54, 1.807) is 11.3 Å². The summed E-state index contributed by atoms with van der Waals surface area (Å²) in [7, 11) is 1.97. The van der Waals surface area contributed by atoms with Gasteiger partial charge in [0.1, 0.15) is 0 Å². The molecule has 0 unspecified atom stereocenters. The summed E-state index contributed by atoms with van der Waals surface area (Å²) < 4.78 is 3.13. The van der Waals surface area contributed by atoms with Crippen LogP contribution in [0.3, 0.4) is 0 Å². The second kappa shape index (κ2) is 4.78. The molecule has 0 atom stereocenters. The first-order valence-corrected chi connectivity index (χ1v) is 6.75. The number of aromatic nitrogens is 3. The Balaban J connectivity index is 1.64. The fourth-order valence-corrected chi connectivity index (χ4v) is 2.66. The molecule has 2 aromatic heterocycles. The van der Waals surface area contributed by atoms with Crippen LogP contribution >= 0.6 is 11.3 Å². The monoisotopic (exact) mass is 258 g/mol. The quantitative estimate of drug-likeness (QED) is 0.782. The van der Waals surface area contributed by atoms with Gasteiger partial charge < -0.3 is 5.32 Å². The van der Waals surface area contributed by atoms with Crippen molar-refractivity contribution >= 4 is 27.2 Å². The molecular formula is C13H14N4S. The smallest absolute Gasteiger partial charge is 0.0813 e. The number of rotatable bonds is 4. The van der Waals surface area contributed by atoms with Gasteiger partial charge in [0.25, 0.3) is 0 Å². The standard InChI is InChI=1S/C13H14N4S/c1-17-11(5-7-16-17)4-6-14-10-2-3-12-13(8-10)18-9-15-12/h2-3,5,7-9,14H,4,6H2,1H3. The Morgan fingerprint density at radius 2 is 2.28 bits per heavy atom. The molecule has 0 spiro atoms. The van der Waals surface area contributed by atoms with E-state index >= 15 is 0 Å². The summed E-state index contributed by atoms with van der Waals surface area (Å²) in [5, 5.41) is 7.59. The zero-order chi connectivity index (χ0) is 12.4. The Morgan fingerprint density at radius 3 is 3.11 bits per heavy atom. The molecule has 0 aliphatic carbocycles. The van der Waals surface area contributed by atoms with E-state index in [4.69, 9.17) is 0 Å². The van der Waals surface area contributed by atoms with Crippen molar-refractivity contribution in [2.75, 3.05) is 11.9 Å². The molecule has 0 amide bonds. The Labute approximate surface area is 109 Å². The van der Waals surface area contributed by atoms with Crippen LogP contribution in [0.4, 0.5) is 5.69 Å². The molecule has 4 nitrogen and oxygen atoms in total. The van der Waals surface area contributed by atoms with Gasteiger partial charge in [-0.1, -0.05) is 0 Å². The largest absolute Gasteiger partial charge is 0.385 e.